The van der Waals surface area contributed by atoms with Crippen molar-refractivity contribution in [1.29, 1.82) is 0 Å². The molecule has 0 aliphatic heterocycles. The monoisotopic (exact) mass is 333 g/mol. The lowest BCUT2D eigenvalue weighted by Gasteiger charge is -2.20. The first-order chi connectivity index (χ1) is 8.67. The van der Waals surface area contributed by atoms with Crippen LogP contribution in [0.1, 0.15) is 0 Å². The second kappa shape index (κ2) is 5.83. The Hall–Kier alpha value is -0.890. The molecule has 0 bridgehead atoms. The Kier molecular flexibility index (Phi) is 4.39. The average Bonchev–Trinajstić information content (AvgIpc) is 2.72. The van der Waals surface area contributed by atoms with Gasteiger partial charge in [0.05, 0.1) is 17.7 Å². The third-order valence-corrected chi connectivity index (χ3v) is 4.31. The summed E-state index contributed by atoms with van der Waals surface area (Å²) in [5.74, 6) is 0.356. The number of hydrogen-bond donors (Lipinski definition) is 2. The highest BCUT2D eigenvalue weighted by molar-refractivity contribution is 9.10. The van der Waals surface area contributed by atoms with Crippen LogP contribution in [0.2, 0.25) is 0 Å². The van der Waals surface area contributed by atoms with Crippen LogP contribution in [0.5, 0.6) is 0 Å². The largest absolute Gasteiger partial charge is 0.438 e. The summed E-state index contributed by atoms with van der Waals surface area (Å²) in [6.45, 7) is 0.451. The van der Waals surface area contributed by atoms with E-state index in [0.717, 1.165) is 4.47 Å². The van der Waals surface area contributed by atoms with Crippen molar-refractivity contribution in [2.24, 2.45) is 0 Å². The van der Waals surface area contributed by atoms with Crippen LogP contribution >= 0.6 is 27.3 Å². The van der Waals surface area contributed by atoms with Gasteiger partial charge in [0.25, 0.3) is 0 Å². The van der Waals surface area contributed by atoms with Gasteiger partial charge in [0, 0.05) is 24.5 Å². The molecule has 2 rings (SSSR count). The zero-order valence-corrected chi connectivity index (χ0v) is 11.8. The fourth-order valence-electron chi connectivity index (χ4n) is 1.63. The van der Waals surface area contributed by atoms with Crippen molar-refractivity contribution in [2.45, 2.75) is 0 Å². The maximum atomic E-state index is 11.9. The number of fused-ring (bicyclic) bond motifs is 1. The molecular weight excluding hydrogens is 322 g/mol. The molecule has 7 heteroatoms. The molecule has 0 saturated heterocycles. The number of rotatable bonds is 5. The molecule has 0 spiro atoms. The maximum absolute atomic E-state index is 11.9. The molecule has 0 atom stereocenters. The number of aliphatic hydroxyl groups is 2. The highest BCUT2D eigenvalue weighted by Gasteiger charge is 2.14. The van der Waals surface area contributed by atoms with Crippen LogP contribution in [0.25, 0.3) is 10.3 Å². The van der Waals surface area contributed by atoms with Gasteiger partial charge in [0.15, 0.2) is 11.5 Å². The second-order valence-electron chi connectivity index (χ2n) is 3.63. The fourth-order valence-corrected chi connectivity index (χ4v) is 3.09. The van der Waals surface area contributed by atoms with Crippen molar-refractivity contribution in [3.63, 3.8) is 0 Å². The van der Waals surface area contributed by atoms with Crippen LogP contribution in [-0.4, -0.2) is 36.5 Å². The first-order valence-corrected chi connectivity index (χ1v) is 7.02. The Morgan fingerprint density at radius 2 is 2.00 bits per heavy atom. The van der Waals surface area contributed by atoms with Gasteiger partial charge in [-0.05, 0) is 15.9 Å². The molecule has 2 heterocycles. The molecule has 2 N–H and O–H groups in total. The third kappa shape index (κ3) is 2.59. The Labute approximate surface area is 115 Å². The van der Waals surface area contributed by atoms with Gasteiger partial charge in [-0.15, -0.1) is 11.3 Å². The molecule has 2 aromatic heterocycles. The van der Waals surface area contributed by atoms with Gasteiger partial charge >= 0.3 is 0 Å². The summed E-state index contributed by atoms with van der Waals surface area (Å²) < 4.78 is 6.93. The zero-order chi connectivity index (χ0) is 13.1. The van der Waals surface area contributed by atoms with E-state index >= 15 is 0 Å². The Morgan fingerprint density at radius 3 is 2.61 bits per heavy atom. The summed E-state index contributed by atoms with van der Waals surface area (Å²) in [5, 5.41) is 19.7. The summed E-state index contributed by atoms with van der Waals surface area (Å²) in [6.07, 6.45) is 0. The predicted molar refractivity (Wildman–Crippen MR) is 74.4 cm³/mol. The number of anilines is 1. The van der Waals surface area contributed by atoms with E-state index in [1.54, 1.807) is 10.3 Å². The van der Waals surface area contributed by atoms with Crippen LogP contribution < -0.4 is 10.3 Å². The minimum absolute atomic E-state index is 0.0768. The number of thiophene rings is 1. The second-order valence-corrected chi connectivity index (χ2v) is 5.36. The molecule has 0 aromatic carbocycles. The number of aliphatic hydroxyl groups excluding tert-OH is 2. The van der Waals surface area contributed by atoms with Gasteiger partial charge in [0.1, 0.15) is 4.70 Å². The molecule has 0 aliphatic carbocycles. The van der Waals surface area contributed by atoms with E-state index in [9.17, 15) is 4.79 Å². The number of hydrogen-bond acceptors (Lipinski definition) is 6. The van der Waals surface area contributed by atoms with Crippen LogP contribution in [-0.2, 0) is 0 Å². The zero-order valence-electron chi connectivity index (χ0n) is 9.43. The molecule has 98 valence electrons. The Bertz CT molecular complexity index is 588. The standard InChI is InChI=1S/C11H12BrNO4S/c12-7-6-18-11-8(16)5-9(17-10(7)11)13(1-3-14)2-4-15/h5-6,14-15H,1-4H2. The Morgan fingerprint density at radius 1 is 1.33 bits per heavy atom. The molecule has 2 aromatic rings. The smallest absolute Gasteiger partial charge is 0.204 e. The predicted octanol–water partition coefficient (Wildman–Crippen LogP) is 1.41. The molecule has 0 radical (unpaired) electrons. The summed E-state index contributed by atoms with van der Waals surface area (Å²) in [6, 6.07) is 1.39. The van der Waals surface area contributed by atoms with Gasteiger partial charge in [-0.1, -0.05) is 0 Å². The Balaban J connectivity index is 2.49. The van der Waals surface area contributed by atoms with Gasteiger partial charge < -0.3 is 19.5 Å². The van der Waals surface area contributed by atoms with E-state index in [2.05, 4.69) is 15.9 Å². The van der Waals surface area contributed by atoms with Gasteiger partial charge in [-0.2, -0.15) is 0 Å². The summed E-state index contributed by atoms with van der Waals surface area (Å²) >= 11 is 4.64. The fraction of sp³-hybridized carbons (Fsp3) is 0.364. The van der Waals surface area contributed by atoms with Gasteiger partial charge in [0.2, 0.25) is 5.43 Å². The normalized spacial score (nSPS) is 11.1. The minimum Gasteiger partial charge on any atom is -0.438 e. The van der Waals surface area contributed by atoms with E-state index in [1.165, 1.54) is 17.4 Å². The van der Waals surface area contributed by atoms with Crippen molar-refractivity contribution in [2.75, 3.05) is 31.2 Å². The molecular formula is C11H12BrNO4S. The van der Waals surface area contributed by atoms with Crippen molar-refractivity contribution < 1.29 is 14.6 Å². The number of halogens is 1. The molecule has 5 nitrogen and oxygen atoms in total. The first kappa shape index (κ1) is 13.5. The van der Waals surface area contributed by atoms with Crippen molar-refractivity contribution in [1.82, 2.24) is 0 Å². The van der Waals surface area contributed by atoms with E-state index in [-0.39, 0.29) is 18.6 Å². The van der Waals surface area contributed by atoms with Crippen LogP contribution in [0.3, 0.4) is 0 Å². The summed E-state index contributed by atoms with van der Waals surface area (Å²) in [4.78, 5) is 13.5. The van der Waals surface area contributed by atoms with Crippen LogP contribution in [0.4, 0.5) is 5.88 Å². The first-order valence-electron chi connectivity index (χ1n) is 5.35. The van der Waals surface area contributed by atoms with E-state index in [0.29, 0.717) is 29.3 Å². The molecule has 0 amide bonds. The van der Waals surface area contributed by atoms with Crippen molar-refractivity contribution >= 4 is 43.4 Å². The van der Waals surface area contributed by atoms with E-state index in [1.807, 2.05) is 0 Å². The quantitative estimate of drug-likeness (QED) is 0.865. The minimum atomic E-state index is -0.122. The summed E-state index contributed by atoms with van der Waals surface area (Å²) in [5.41, 5.74) is 0.381. The van der Waals surface area contributed by atoms with Gasteiger partial charge in [-0.25, -0.2) is 0 Å². The van der Waals surface area contributed by atoms with E-state index < -0.39 is 0 Å². The SMILES string of the molecule is O=c1cc(N(CCO)CCO)oc2c(Br)csc12. The lowest BCUT2D eigenvalue weighted by molar-refractivity contribution is 0.277. The summed E-state index contributed by atoms with van der Waals surface area (Å²) in [7, 11) is 0. The highest BCUT2D eigenvalue weighted by Crippen LogP contribution is 2.30. The lowest BCUT2D eigenvalue weighted by Crippen LogP contribution is -2.30. The maximum Gasteiger partial charge on any atom is 0.204 e. The molecule has 0 saturated carbocycles. The van der Waals surface area contributed by atoms with Crippen LogP contribution in [0.15, 0.2) is 25.1 Å². The molecule has 18 heavy (non-hydrogen) atoms. The topological polar surface area (TPSA) is 73.9 Å². The van der Waals surface area contributed by atoms with Gasteiger partial charge in [-0.3, -0.25) is 4.79 Å². The molecule has 0 aliphatic rings. The van der Waals surface area contributed by atoms with Crippen molar-refractivity contribution in [3.05, 3.63) is 26.1 Å². The van der Waals surface area contributed by atoms with E-state index in [4.69, 9.17) is 14.6 Å². The molecule has 0 fully saturated rings. The lowest BCUT2D eigenvalue weighted by atomic mass is 10.4. The third-order valence-electron chi connectivity index (χ3n) is 2.44. The van der Waals surface area contributed by atoms with Crippen molar-refractivity contribution in [3.8, 4) is 0 Å². The average molecular weight is 334 g/mol. The molecule has 0 unspecified atom stereocenters. The number of nitrogens with zero attached hydrogens (tertiary/aromatic N) is 1. The van der Waals surface area contributed by atoms with Crippen LogP contribution in [0, 0.1) is 0 Å². The highest BCUT2D eigenvalue weighted by atomic mass is 79.9.